The van der Waals surface area contributed by atoms with Crippen LogP contribution < -0.4 is 0 Å². The summed E-state index contributed by atoms with van der Waals surface area (Å²) in [6, 6.07) is 0. The minimum atomic E-state index is -0.563. The molecule has 1 rings (SSSR count). The third kappa shape index (κ3) is 4.55. The molecule has 0 bridgehead atoms. The highest BCUT2D eigenvalue weighted by atomic mass is 35.5. The van der Waals surface area contributed by atoms with Crippen LogP contribution >= 0.6 is 11.6 Å². The Morgan fingerprint density at radius 2 is 1.96 bits per heavy atom. The first kappa shape index (κ1) is 21.1. The zero-order valence-electron chi connectivity index (χ0n) is 16.2. The molecule has 0 aliphatic heterocycles. The molecule has 0 saturated heterocycles. The number of allylic oxidation sites excluding steroid dienone is 5. The second kappa shape index (κ2) is 7.93. The molecule has 0 heterocycles. The van der Waals surface area contributed by atoms with Gasteiger partial charge in [0.25, 0.3) is 0 Å². The maximum Gasteiger partial charge on any atom is 0.133 e. The van der Waals surface area contributed by atoms with Gasteiger partial charge < -0.3 is 10.2 Å². The summed E-state index contributed by atoms with van der Waals surface area (Å²) in [5.41, 5.74) is 3.59. The number of rotatable bonds is 5. The lowest BCUT2D eigenvalue weighted by atomic mass is 9.66. The highest BCUT2D eigenvalue weighted by Crippen LogP contribution is 2.47. The van der Waals surface area contributed by atoms with Crippen LogP contribution in [0.4, 0.5) is 0 Å². The van der Waals surface area contributed by atoms with Gasteiger partial charge in [0, 0.05) is 5.92 Å². The number of aliphatic hydroxyl groups is 2. The molecule has 2 N–H and O–H groups in total. The lowest BCUT2D eigenvalue weighted by Gasteiger charge is -2.39. The summed E-state index contributed by atoms with van der Waals surface area (Å²) in [6.07, 6.45) is 2.78. The van der Waals surface area contributed by atoms with E-state index in [-0.39, 0.29) is 23.0 Å². The minimum Gasteiger partial charge on any atom is -0.506 e. The number of halogens is 1. The van der Waals surface area contributed by atoms with Crippen molar-refractivity contribution < 1.29 is 10.2 Å². The van der Waals surface area contributed by atoms with Crippen LogP contribution in [0.5, 0.6) is 0 Å². The SMILES string of the molecule is C=C(C)/C=C(\C(O)CC)[C@@H](C1=C(O)C(Cl)=C(C)C(C)C1)C(C)(C)C. The molecule has 24 heavy (non-hydrogen) atoms. The van der Waals surface area contributed by atoms with Gasteiger partial charge in [-0.2, -0.15) is 0 Å². The smallest absolute Gasteiger partial charge is 0.133 e. The fourth-order valence-corrected chi connectivity index (χ4v) is 3.80. The van der Waals surface area contributed by atoms with Gasteiger partial charge in [0.05, 0.1) is 11.1 Å². The van der Waals surface area contributed by atoms with Gasteiger partial charge in [-0.1, -0.05) is 64.4 Å². The summed E-state index contributed by atoms with van der Waals surface area (Å²) in [5, 5.41) is 21.9. The standard InChI is InChI=1S/C21H33ClO2/c1-9-17(23)15(10-12(2)3)18(21(6,7)8)16-11-13(4)14(5)19(22)20(16)24/h10,13,17-18,23-24H,2,9,11H2,1,3-8H3/b15-10+/t13?,17?,18-/m0/s1. The molecule has 0 spiro atoms. The first-order valence-corrected chi connectivity index (χ1v) is 9.13. The molecule has 136 valence electrons. The maximum atomic E-state index is 10.8. The molecule has 0 aromatic carbocycles. The van der Waals surface area contributed by atoms with Gasteiger partial charge in [0.15, 0.2) is 0 Å². The Hall–Kier alpha value is -0.990. The summed E-state index contributed by atoms with van der Waals surface area (Å²) in [7, 11) is 0. The highest BCUT2D eigenvalue weighted by molar-refractivity contribution is 6.32. The summed E-state index contributed by atoms with van der Waals surface area (Å²) in [6.45, 7) is 18.4. The molecule has 1 aliphatic rings. The van der Waals surface area contributed by atoms with Gasteiger partial charge in [0.1, 0.15) is 5.76 Å². The van der Waals surface area contributed by atoms with E-state index in [1.165, 1.54) is 0 Å². The molecule has 0 amide bonds. The molecule has 3 atom stereocenters. The van der Waals surface area contributed by atoms with Gasteiger partial charge in [-0.05, 0) is 54.7 Å². The molecule has 0 radical (unpaired) electrons. The monoisotopic (exact) mass is 352 g/mol. The van der Waals surface area contributed by atoms with Crippen molar-refractivity contribution in [1.29, 1.82) is 0 Å². The molecule has 1 aliphatic carbocycles. The Morgan fingerprint density at radius 3 is 2.38 bits per heavy atom. The summed E-state index contributed by atoms with van der Waals surface area (Å²) < 4.78 is 0. The molecular formula is C21H33ClO2. The van der Waals surface area contributed by atoms with Crippen molar-refractivity contribution >= 4 is 11.6 Å². The van der Waals surface area contributed by atoms with Gasteiger partial charge in [-0.3, -0.25) is 0 Å². The van der Waals surface area contributed by atoms with Crippen molar-refractivity contribution in [3.05, 3.63) is 45.7 Å². The van der Waals surface area contributed by atoms with E-state index in [1.807, 2.05) is 26.8 Å². The fourth-order valence-electron chi connectivity index (χ4n) is 3.49. The Balaban J connectivity index is 3.62. The third-order valence-electron chi connectivity index (χ3n) is 4.86. The first-order chi connectivity index (χ1) is 10.9. The van der Waals surface area contributed by atoms with Crippen LogP contribution in [0, 0.1) is 17.3 Å². The van der Waals surface area contributed by atoms with Gasteiger partial charge >= 0.3 is 0 Å². The first-order valence-electron chi connectivity index (χ1n) is 8.75. The Morgan fingerprint density at radius 1 is 1.42 bits per heavy atom. The van der Waals surface area contributed by atoms with E-state index >= 15 is 0 Å². The summed E-state index contributed by atoms with van der Waals surface area (Å²) >= 11 is 6.40. The van der Waals surface area contributed by atoms with E-state index in [2.05, 4.69) is 34.3 Å². The predicted octanol–water partition coefficient (Wildman–Crippen LogP) is 6.29. The van der Waals surface area contributed by atoms with E-state index in [9.17, 15) is 10.2 Å². The third-order valence-corrected chi connectivity index (χ3v) is 5.33. The molecule has 2 nitrogen and oxygen atoms in total. The zero-order chi connectivity index (χ0) is 18.8. The van der Waals surface area contributed by atoms with Crippen molar-refractivity contribution in [2.45, 2.75) is 67.4 Å². The van der Waals surface area contributed by atoms with Crippen LogP contribution in [0.25, 0.3) is 0 Å². The molecule has 3 heteroatoms. The van der Waals surface area contributed by atoms with Crippen LogP contribution in [0.15, 0.2) is 45.7 Å². The number of hydrogen-bond acceptors (Lipinski definition) is 2. The largest absolute Gasteiger partial charge is 0.506 e. The lowest BCUT2D eigenvalue weighted by Crippen LogP contribution is -2.32. The van der Waals surface area contributed by atoms with Crippen molar-refractivity contribution in [3.8, 4) is 0 Å². The maximum absolute atomic E-state index is 10.8. The van der Waals surface area contributed by atoms with Crippen LogP contribution in [0.3, 0.4) is 0 Å². The second-order valence-corrected chi connectivity index (χ2v) is 8.57. The summed E-state index contributed by atoms with van der Waals surface area (Å²) in [5.74, 6) is 0.370. The predicted molar refractivity (Wildman–Crippen MR) is 104 cm³/mol. The van der Waals surface area contributed by atoms with Crippen molar-refractivity contribution in [1.82, 2.24) is 0 Å². The topological polar surface area (TPSA) is 40.5 Å². The van der Waals surface area contributed by atoms with Crippen LogP contribution in [-0.2, 0) is 0 Å². The normalized spacial score (nSPS) is 22.7. The van der Waals surface area contributed by atoms with Gasteiger partial charge in [-0.15, -0.1) is 0 Å². The van der Waals surface area contributed by atoms with E-state index in [1.54, 1.807) is 0 Å². The lowest BCUT2D eigenvalue weighted by molar-refractivity contribution is 0.170. The van der Waals surface area contributed by atoms with Crippen molar-refractivity contribution in [2.24, 2.45) is 17.3 Å². The quantitative estimate of drug-likeness (QED) is 0.571. The van der Waals surface area contributed by atoms with Crippen LogP contribution in [-0.4, -0.2) is 16.3 Å². The average Bonchev–Trinajstić information content (AvgIpc) is 2.46. The van der Waals surface area contributed by atoms with E-state index in [0.29, 0.717) is 11.5 Å². The zero-order valence-corrected chi connectivity index (χ0v) is 17.0. The fraction of sp³-hybridized carbons (Fsp3) is 0.619. The molecule has 0 aromatic rings. The Bertz CT molecular complexity index is 587. The molecular weight excluding hydrogens is 320 g/mol. The minimum absolute atomic E-state index is 0.0894. The van der Waals surface area contributed by atoms with Crippen LogP contribution in [0.1, 0.15) is 61.3 Å². The van der Waals surface area contributed by atoms with E-state index in [4.69, 9.17) is 11.6 Å². The number of aliphatic hydroxyl groups excluding tert-OH is 2. The Labute approximate surface area is 152 Å². The van der Waals surface area contributed by atoms with E-state index < -0.39 is 6.10 Å². The van der Waals surface area contributed by atoms with E-state index in [0.717, 1.165) is 28.7 Å². The van der Waals surface area contributed by atoms with Crippen LogP contribution in [0.2, 0.25) is 0 Å². The molecule has 0 fully saturated rings. The molecule has 0 aromatic heterocycles. The Kier molecular flexibility index (Phi) is 6.95. The van der Waals surface area contributed by atoms with Crippen molar-refractivity contribution in [2.75, 3.05) is 0 Å². The average molecular weight is 353 g/mol. The highest BCUT2D eigenvalue weighted by Gasteiger charge is 2.38. The molecule has 2 unspecified atom stereocenters. The van der Waals surface area contributed by atoms with Crippen molar-refractivity contribution in [3.63, 3.8) is 0 Å². The van der Waals surface area contributed by atoms with Gasteiger partial charge in [-0.25, -0.2) is 0 Å². The second-order valence-electron chi connectivity index (χ2n) is 8.19. The van der Waals surface area contributed by atoms with Gasteiger partial charge in [0.2, 0.25) is 0 Å². The number of hydrogen-bond donors (Lipinski definition) is 2. The summed E-state index contributed by atoms with van der Waals surface area (Å²) in [4.78, 5) is 0. The molecule has 0 saturated carbocycles.